The van der Waals surface area contributed by atoms with E-state index in [0.29, 0.717) is 11.1 Å². The summed E-state index contributed by atoms with van der Waals surface area (Å²) in [5, 5.41) is 27.5. The van der Waals surface area contributed by atoms with Crippen molar-refractivity contribution in [3.8, 4) is 11.5 Å². The number of carboxylic acid groups (broad SMARTS) is 2. The third-order valence-corrected chi connectivity index (χ3v) is 2.76. The van der Waals surface area contributed by atoms with Gasteiger partial charge in [0.1, 0.15) is 17.6 Å². The van der Waals surface area contributed by atoms with Crippen molar-refractivity contribution in [1.82, 2.24) is 0 Å². The van der Waals surface area contributed by atoms with Gasteiger partial charge in [0.15, 0.2) is 0 Å². The molecule has 0 heterocycles. The van der Waals surface area contributed by atoms with Crippen LogP contribution in [0.25, 0.3) is 0 Å². The molecular formula is C15H12O7. The average molecular weight is 304 g/mol. The molecule has 114 valence electrons. The van der Waals surface area contributed by atoms with Crippen LogP contribution in [-0.2, 0) is 0 Å². The largest absolute Gasteiger partial charge is 0.511 e. The molecule has 0 saturated carbocycles. The molecule has 2 rings (SSSR count). The van der Waals surface area contributed by atoms with Gasteiger partial charge in [-0.1, -0.05) is 24.3 Å². The van der Waals surface area contributed by atoms with Crippen LogP contribution in [0.5, 0.6) is 11.5 Å². The molecule has 0 saturated heterocycles. The zero-order valence-corrected chi connectivity index (χ0v) is 11.2. The van der Waals surface area contributed by atoms with Crippen molar-refractivity contribution in [1.29, 1.82) is 0 Å². The maximum absolute atomic E-state index is 10.5. The van der Waals surface area contributed by atoms with Gasteiger partial charge < -0.3 is 24.8 Å². The highest BCUT2D eigenvalue weighted by Gasteiger charge is 2.13. The Morgan fingerprint density at radius 2 is 1.23 bits per heavy atom. The van der Waals surface area contributed by atoms with Gasteiger partial charge in [0.25, 0.3) is 0 Å². The van der Waals surface area contributed by atoms with Crippen LogP contribution in [0, 0.1) is 0 Å². The van der Waals surface area contributed by atoms with Crippen LogP contribution in [0.3, 0.4) is 0 Å². The average Bonchev–Trinajstić information content (AvgIpc) is 2.45. The molecule has 0 amide bonds. The molecule has 3 N–H and O–H groups in total. The van der Waals surface area contributed by atoms with Crippen molar-refractivity contribution in [2.24, 2.45) is 0 Å². The fourth-order valence-corrected chi connectivity index (χ4v) is 1.89. The van der Waals surface area contributed by atoms with Crippen molar-refractivity contribution in [2.45, 2.75) is 6.10 Å². The molecule has 0 aliphatic carbocycles. The molecule has 0 fully saturated rings. The Hall–Kier alpha value is -3.06. The summed E-state index contributed by atoms with van der Waals surface area (Å²) in [5.41, 5.74) is 0.789. The van der Waals surface area contributed by atoms with Crippen molar-refractivity contribution in [3.63, 3.8) is 0 Å². The number of aliphatic hydroxyl groups excluding tert-OH is 1. The lowest BCUT2D eigenvalue weighted by molar-refractivity contribution is 0.143. The molecule has 0 radical (unpaired) electrons. The second-order valence-corrected chi connectivity index (χ2v) is 4.28. The number of hydrogen-bond acceptors (Lipinski definition) is 5. The predicted octanol–water partition coefficient (Wildman–Crippen LogP) is 2.88. The summed E-state index contributed by atoms with van der Waals surface area (Å²) in [7, 11) is 0. The summed E-state index contributed by atoms with van der Waals surface area (Å²) in [6.45, 7) is 0. The Kier molecular flexibility index (Phi) is 4.60. The Balaban J connectivity index is 2.25. The third kappa shape index (κ3) is 3.97. The lowest BCUT2D eigenvalue weighted by Gasteiger charge is -2.13. The van der Waals surface area contributed by atoms with Gasteiger partial charge in [-0.2, -0.15) is 0 Å². The lowest BCUT2D eigenvalue weighted by atomic mass is 10.0. The first-order valence-electron chi connectivity index (χ1n) is 6.15. The minimum atomic E-state index is -1.46. The van der Waals surface area contributed by atoms with E-state index in [0.717, 1.165) is 0 Å². The standard InChI is InChI=1S/C15H12O7/c16-13(9-3-1-5-11(7-9)21-14(17)18)10-4-2-6-12(8-10)22-15(19)20/h1-8,13,16H,(H,17,18)(H,19,20). The monoisotopic (exact) mass is 304 g/mol. The van der Waals surface area contributed by atoms with E-state index in [-0.39, 0.29) is 11.5 Å². The maximum Gasteiger partial charge on any atom is 0.511 e. The molecule has 0 aromatic heterocycles. The maximum atomic E-state index is 10.5. The fraction of sp³-hybridized carbons (Fsp3) is 0.0667. The smallest absolute Gasteiger partial charge is 0.449 e. The normalized spacial score (nSPS) is 10.3. The summed E-state index contributed by atoms with van der Waals surface area (Å²) in [6, 6.07) is 11.9. The SMILES string of the molecule is O=C(O)Oc1cccc(C(O)c2cccc(OC(=O)O)c2)c1. The van der Waals surface area contributed by atoms with Crippen molar-refractivity contribution in [2.75, 3.05) is 0 Å². The summed E-state index contributed by atoms with van der Waals surface area (Å²) >= 11 is 0. The van der Waals surface area contributed by atoms with Crippen molar-refractivity contribution < 1.29 is 34.4 Å². The molecule has 22 heavy (non-hydrogen) atoms. The highest BCUT2D eigenvalue weighted by molar-refractivity contribution is 5.62. The Bertz CT molecular complexity index is 636. The number of rotatable bonds is 4. The topological polar surface area (TPSA) is 113 Å². The number of ether oxygens (including phenoxy) is 2. The second-order valence-electron chi connectivity index (χ2n) is 4.28. The van der Waals surface area contributed by atoms with E-state index in [9.17, 15) is 14.7 Å². The van der Waals surface area contributed by atoms with Crippen LogP contribution in [0.1, 0.15) is 17.2 Å². The second kappa shape index (κ2) is 6.59. The van der Waals surface area contributed by atoms with E-state index in [4.69, 9.17) is 10.2 Å². The zero-order chi connectivity index (χ0) is 16.1. The van der Waals surface area contributed by atoms with E-state index >= 15 is 0 Å². The number of aliphatic hydroxyl groups is 1. The van der Waals surface area contributed by atoms with Crippen LogP contribution in [0.2, 0.25) is 0 Å². The Morgan fingerprint density at radius 1 is 0.818 bits per heavy atom. The van der Waals surface area contributed by atoms with E-state index in [1.807, 2.05) is 0 Å². The van der Waals surface area contributed by atoms with Gasteiger partial charge in [-0.15, -0.1) is 0 Å². The van der Waals surface area contributed by atoms with Crippen LogP contribution < -0.4 is 9.47 Å². The van der Waals surface area contributed by atoms with Gasteiger partial charge >= 0.3 is 12.3 Å². The number of hydrogen-bond donors (Lipinski definition) is 3. The summed E-state index contributed by atoms with van der Waals surface area (Å²) in [4.78, 5) is 21.0. The first kappa shape index (κ1) is 15.3. The van der Waals surface area contributed by atoms with E-state index in [1.165, 1.54) is 36.4 Å². The van der Waals surface area contributed by atoms with Crippen molar-refractivity contribution >= 4 is 12.3 Å². The quantitative estimate of drug-likeness (QED) is 0.588. The van der Waals surface area contributed by atoms with Crippen LogP contribution >= 0.6 is 0 Å². The number of carbonyl (C=O) groups is 2. The van der Waals surface area contributed by atoms with Gasteiger partial charge in [0.2, 0.25) is 0 Å². The van der Waals surface area contributed by atoms with Crippen molar-refractivity contribution in [3.05, 3.63) is 59.7 Å². The lowest BCUT2D eigenvalue weighted by Crippen LogP contribution is -2.06. The van der Waals surface area contributed by atoms with E-state index in [2.05, 4.69) is 9.47 Å². The van der Waals surface area contributed by atoms with Gasteiger partial charge in [-0.25, -0.2) is 9.59 Å². The molecule has 0 spiro atoms. The molecule has 0 unspecified atom stereocenters. The van der Waals surface area contributed by atoms with Crippen LogP contribution in [0.4, 0.5) is 9.59 Å². The minimum Gasteiger partial charge on any atom is -0.449 e. The fourth-order valence-electron chi connectivity index (χ4n) is 1.89. The van der Waals surface area contributed by atoms with E-state index < -0.39 is 18.4 Å². The third-order valence-electron chi connectivity index (χ3n) is 2.76. The molecule has 2 aromatic rings. The molecule has 0 aliphatic rings. The summed E-state index contributed by atoms with van der Waals surface area (Å²) < 4.78 is 9.04. The molecule has 0 aliphatic heterocycles. The van der Waals surface area contributed by atoms with Gasteiger partial charge in [0, 0.05) is 0 Å². The molecule has 2 aromatic carbocycles. The first-order valence-corrected chi connectivity index (χ1v) is 6.15. The van der Waals surface area contributed by atoms with Crippen LogP contribution in [0.15, 0.2) is 48.5 Å². The van der Waals surface area contributed by atoms with Gasteiger partial charge in [0.05, 0.1) is 0 Å². The summed E-state index contributed by atoms with van der Waals surface area (Å²) in [5.74, 6) is 0.143. The van der Waals surface area contributed by atoms with E-state index in [1.54, 1.807) is 12.1 Å². The number of benzene rings is 2. The van der Waals surface area contributed by atoms with Gasteiger partial charge in [-0.3, -0.25) is 0 Å². The molecule has 7 heteroatoms. The van der Waals surface area contributed by atoms with Crippen LogP contribution in [-0.4, -0.2) is 27.6 Å². The van der Waals surface area contributed by atoms with Gasteiger partial charge in [-0.05, 0) is 35.4 Å². The zero-order valence-electron chi connectivity index (χ0n) is 11.2. The minimum absolute atomic E-state index is 0.0713. The molecular weight excluding hydrogens is 292 g/mol. The molecule has 7 nitrogen and oxygen atoms in total. The Labute approximate surface area is 125 Å². The molecule has 0 bridgehead atoms. The first-order chi connectivity index (χ1) is 10.5. The highest BCUT2D eigenvalue weighted by atomic mass is 16.7. The highest BCUT2D eigenvalue weighted by Crippen LogP contribution is 2.27. The Morgan fingerprint density at radius 3 is 1.59 bits per heavy atom. The predicted molar refractivity (Wildman–Crippen MR) is 74.3 cm³/mol. The molecule has 0 atom stereocenters. The summed E-state index contributed by atoms with van der Waals surface area (Å²) in [6.07, 6.45) is -4.00.